The van der Waals surface area contributed by atoms with Gasteiger partial charge in [0.25, 0.3) is 11.2 Å². The standard InChI is InChI=1S/C11H7Cl2N3O3/c12-9-3-8(16(18)19)2-1-7(9)5-15-6-14-10(13)4-11(15)17/h1-4,6H,5H2. The van der Waals surface area contributed by atoms with Gasteiger partial charge in [-0.05, 0) is 11.6 Å². The van der Waals surface area contributed by atoms with E-state index >= 15 is 0 Å². The molecule has 0 spiro atoms. The summed E-state index contributed by atoms with van der Waals surface area (Å²) >= 11 is 11.5. The summed E-state index contributed by atoms with van der Waals surface area (Å²) < 4.78 is 1.30. The van der Waals surface area contributed by atoms with Gasteiger partial charge in [-0.3, -0.25) is 19.5 Å². The lowest BCUT2D eigenvalue weighted by Gasteiger charge is -2.06. The Hall–Kier alpha value is -1.92. The SMILES string of the molecule is O=c1cc(Cl)ncn1Cc1ccc([N+](=O)[O-])cc1Cl. The number of non-ortho nitro benzene ring substituents is 1. The lowest BCUT2D eigenvalue weighted by atomic mass is 10.2. The van der Waals surface area contributed by atoms with Crippen molar-refractivity contribution in [3.05, 3.63) is 66.8 Å². The van der Waals surface area contributed by atoms with Crippen LogP contribution in [0.2, 0.25) is 10.2 Å². The van der Waals surface area contributed by atoms with Crippen LogP contribution in [0.25, 0.3) is 0 Å². The molecule has 1 heterocycles. The van der Waals surface area contributed by atoms with E-state index in [0.29, 0.717) is 5.56 Å². The zero-order valence-corrected chi connectivity index (χ0v) is 10.9. The maximum absolute atomic E-state index is 11.6. The van der Waals surface area contributed by atoms with Crippen molar-refractivity contribution >= 4 is 28.9 Å². The molecule has 0 aliphatic carbocycles. The third-order valence-electron chi connectivity index (χ3n) is 2.43. The highest BCUT2D eigenvalue weighted by Crippen LogP contribution is 2.22. The predicted octanol–water partition coefficient (Wildman–Crippen LogP) is 2.51. The van der Waals surface area contributed by atoms with Gasteiger partial charge >= 0.3 is 0 Å². The van der Waals surface area contributed by atoms with Crippen molar-refractivity contribution in [2.75, 3.05) is 0 Å². The van der Waals surface area contributed by atoms with Crippen LogP contribution in [-0.2, 0) is 6.54 Å². The summed E-state index contributed by atoms with van der Waals surface area (Å²) in [4.78, 5) is 25.5. The third-order valence-corrected chi connectivity index (χ3v) is 2.99. The van der Waals surface area contributed by atoms with Crippen LogP contribution >= 0.6 is 23.2 Å². The second-order valence-corrected chi connectivity index (χ2v) is 4.51. The monoisotopic (exact) mass is 299 g/mol. The van der Waals surface area contributed by atoms with E-state index in [2.05, 4.69) is 4.98 Å². The summed E-state index contributed by atoms with van der Waals surface area (Å²) in [5.74, 6) is 0. The number of nitro benzene ring substituents is 1. The fraction of sp³-hybridized carbons (Fsp3) is 0.0909. The minimum absolute atomic E-state index is 0.102. The predicted molar refractivity (Wildman–Crippen MR) is 70.7 cm³/mol. The highest BCUT2D eigenvalue weighted by Gasteiger charge is 2.10. The van der Waals surface area contributed by atoms with Crippen LogP contribution < -0.4 is 5.56 Å². The number of nitro groups is 1. The maximum Gasteiger partial charge on any atom is 0.270 e. The molecule has 2 aromatic rings. The molecule has 0 radical (unpaired) electrons. The molecule has 0 saturated heterocycles. The molecule has 0 N–H and O–H groups in total. The van der Waals surface area contributed by atoms with Crippen molar-refractivity contribution in [3.8, 4) is 0 Å². The van der Waals surface area contributed by atoms with Gasteiger partial charge in [0.15, 0.2) is 0 Å². The number of aromatic nitrogens is 2. The molecule has 19 heavy (non-hydrogen) atoms. The average molecular weight is 300 g/mol. The molecule has 1 aromatic heterocycles. The fourth-order valence-electron chi connectivity index (χ4n) is 1.48. The molecule has 0 amide bonds. The maximum atomic E-state index is 11.6. The van der Waals surface area contributed by atoms with E-state index in [1.165, 1.54) is 35.2 Å². The molecule has 1 aromatic carbocycles. The molecule has 0 fully saturated rings. The van der Waals surface area contributed by atoms with Gasteiger partial charge in [-0.25, -0.2) is 4.98 Å². The van der Waals surface area contributed by atoms with Crippen LogP contribution in [0.5, 0.6) is 0 Å². The van der Waals surface area contributed by atoms with Crippen LogP contribution in [0.4, 0.5) is 5.69 Å². The zero-order valence-electron chi connectivity index (χ0n) is 9.42. The molecule has 0 bridgehead atoms. The van der Waals surface area contributed by atoms with E-state index in [1.807, 2.05) is 0 Å². The van der Waals surface area contributed by atoms with Crippen LogP contribution in [0, 0.1) is 10.1 Å². The Bertz CT molecular complexity index is 700. The Balaban J connectivity index is 2.33. The Kier molecular flexibility index (Phi) is 3.82. The lowest BCUT2D eigenvalue weighted by Crippen LogP contribution is -2.20. The first-order valence-corrected chi connectivity index (χ1v) is 5.88. The highest BCUT2D eigenvalue weighted by molar-refractivity contribution is 6.31. The van der Waals surface area contributed by atoms with Gasteiger partial charge in [0.1, 0.15) is 5.15 Å². The van der Waals surface area contributed by atoms with Gasteiger partial charge in [0.05, 0.1) is 22.8 Å². The van der Waals surface area contributed by atoms with Gasteiger partial charge in [0.2, 0.25) is 0 Å². The summed E-state index contributed by atoms with van der Waals surface area (Å²) in [5.41, 5.74) is 0.156. The first kappa shape index (κ1) is 13.5. The van der Waals surface area contributed by atoms with Gasteiger partial charge in [-0.15, -0.1) is 0 Å². The Morgan fingerprint density at radius 2 is 2.05 bits per heavy atom. The summed E-state index contributed by atoms with van der Waals surface area (Å²) in [6, 6.07) is 5.25. The number of halogens is 2. The number of rotatable bonds is 3. The van der Waals surface area contributed by atoms with Gasteiger partial charge in [0, 0.05) is 18.2 Å². The zero-order chi connectivity index (χ0) is 14.0. The van der Waals surface area contributed by atoms with E-state index in [-0.39, 0.29) is 28.0 Å². The summed E-state index contributed by atoms with van der Waals surface area (Å²) in [5, 5.41) is 10.9. The number of hydrogen-bond acceptors (Lipinski definition) is 4. The van der Waals surface area contributed by atoms with Crippen molar-refractivity contribution in [2.24, 2.45) is 0 Å². The molecule has 6 nitrogen and oxygen atoms in total. The highest BCUT2D eigenvalue weighted by atomic mass is 35.5. The van der Waals surface area contributed by atoms with E-state index in [9.17, 15) is 14.9 Å². The van der Waals surface area contributed by atoms with Gasteiger partial charge in [-0.1, -0.05) is 23.2 Å². The topological polar surface area (TPSA) is 78.0 Å². The summed E-state index contributed by atoms with van der Waals surface area (Å²) in [6.45, 7) is 0.166. The van der Waals surface area contributed by atoms with E-state index in [1.54, 1.807) is 0 Å². The van der Waals surface area contributed by atoms with Crippen LogP contribution in [0.1, 0.15) is 5.56 Å². The number of nitrogens with zero attached hydrogens (tertiary/aromatic N) is 3. The van der Waals surface area contributed by atoms with Crippen LogP contribution in [-0.4, -0.2) is 14.5 Å². The Morgan fingerprint density at radius 3 is 2.63 bits per heavy atom. The first-order chi connectivity index (χ1) is 8.97. The Morgan fingerprint density at radius 1 is 1.32 bits per heavy atom. The Labute approximate surface area is 117 Å². The normalized spacial score (nSPS) is 10.4. The van der Waals surface area contributed by atoms with Gasteiger partial charge in [-0.2, -0.15) is 0 Å². The molecular formula is C11H7Cl2N3O3. The molecule has 0 aliphatic rings. The minimum Gasteiger partial charge on any atom is -0.295 e. The quantitative estimate of drug-likeness (QED) is 0.495. The number of benzene rings is 1. The summed E-state index contributed by atoms with van der Waals surface area (Å²) in [6.07, 6.45) is 1.29. The molecule has 2 rings (SSSR count). The van der Waals surface area contributed by atoms with E-state index < -0.39 is 4.92 Å². The smallest absolute Gasteiger partial charge is 0.270 e. The van der Waals surface area contributed by atoms with Crippen molar-refractivity contribution < 1.29 is 4.92 Å². The second kappa shape index (κ2) is 5.38. The lowest BCUT2D eigenvalue weighted by molar-refractivity contribution is -0.384. The van der Waals surface area contributed by atoms with Crippen LogP contribution in [0.3, 0.4) is 0 Å². The molecule has 0 unspecified atom stereocenters. The minimum atomic E-state index is -0.536. The van der Waals surface area contributed by atoms with Crippen molar-refractivity contribution in [1.82, 2.24) is 9.55 Å². The first-order valence-electron chi connectivity index (χ1n) is 5.12. The molecular weight excluding hydrogens is 293 g/mol. The van der Waals surface area contributed by atoms with Crippen molar-refractivity contribution in [1.29, 1.82) is 0 Å². The van der Waals surface area contributed by atoms with E-state index in [0.717, 1.165) is 0 Å². The van der Waals surface area contributed by atoms with E-state index in [4.69, 9.17) is 23.2 Å². The fourth-order valence-corrected chi connectivity index (χ4v) is 1.86. The third kappa shape index (κ3) is 3.10. The number of hydrogen-bond donors (Lipinski definition) is 0. The molecule has 0 aliphatic heterocycles. The summed E-state index contributed by atoms with van der Waals surface area (Å²) in [7, 11) is 0. The molecule has 8 heteroatoms. The molecule has 0 atom stereocenters. The van der Waals surface area contributed by atoms with Crippen LogP contribution in [0.15, 0.2) is 35.4 Å². The second-order valence-electron chi connectivity index (χ2n) is 3.71. The molecule has 0 saturated carbocycles. The largest absolute Gasteiger partial charge is 0.295 e. The van der Waals surface area contributed by atoms with Gasteiger partial charge < -0.3 is 0 Å². The van der Waals surface area contributed by atoms with Crippen molar-refractivity contribution in [2.45, 2.75) is 6.54 Å². The average Bonchev–Trinajstić information content (AvgIpc) is 2.34. The molecule has 98 valence electrons. The van der Waals surface area contributed by atoms with Crippen molar-refractivity contribution in [3.63, 3.8) is 0 Å².